The number of fused-ring (bicyclic) bond motifs is 2. The van der Waals surface area contributed by atoms with Crippen molar-refractivity contribution in [3.63, 3.8) is 0 Å². The van der Waals surface area contributed by atoms with Gasteiger partial charge < -0.3 is 9.32 Å². The molecule has 0 N–H and O–H groups in total. The molecule has 0 radical (unpaired) electrons. The minimum absolute atomic E-state index is 0.0350. The van der Waals surface area contributed by atoms with Gasteiger partial charge in [-0.05, 0) is 29.7 Å². The van der Waals surface area contributed by atoms with E-state index in [0.29, 0.717) is 12.2 Å². The highest BCUT2D eigenvalue weighted by Crippen LogP contribution is 2.22. The van der Waals surface area contributed by atoms with Crippen molar-refractivity contribution in [3.8, 4) is 0 Å². The zero-order valence-corrected chi connectivity index (χ0v) is 15.2. The lowest BCUT2D eigenvalue weighted by molar-refractivity contribution is 0.0727. The van der Waals surface area contributed by atoms with Gasteiger partial charge in [-0.3, -0.25) is 14.4 Å². The molecule has 0 unspecified atom stereocenters. The maximum atomic E-state index is 13.0. The number of rotatable bonds is 3. The first-order valence-electron chi connectivity index (χ1n) is 9.42. The van der Waals surface area contributed by atoms with Gasteiger partial charge in [-0.25, -0.2) is 0 Å². The SMILES string of the molecule is O=C(c1cc2n(n1)CCN(Cc1ccoc1)C2)N1CCc2ccccc2C1. The second kappa shape index (κ2) is 6.70. The van der Waals surface area contributed by atoms with Crippen LogP contribution in [0.4, 0.5) is 0 Å². The topological polar surface area (TPSA) is 54.5 Å². The first-order chi connectivity index (χ1) is 13.3. The Hall–Kier alpha value is -2.86. The molecule has 0 saturated carbocycles. The normalized spacial score (nSPS) is 16.8. The van der Waals surface area contributed by atoms with Crippen molar-refractivity contribution in [2.24, 2.45) is 0 Å². The Morgan fingerprint density at radius 1 is 1.07 bits per heavy atom. The lowest BCUT2D eigenvalue weighted by Gasteiger charge is -2.28. The van der Waals surface area contributed by atoms with Gasteiger partial charge in [-0.15, -0.1) is 0 Å². The van der Waals surface area contributed by atoms with Gasteiger partial charge in [0.15, 0.2) is 5.69 Å². The number of hydrogen-bond acceptors (Lipinski definition) is 4. The van der Waals surface area contributed by atoms with Crippen molar-refractivity contribution in [2.75, 3.05) is 13.1 Å². The van der Waals surface area contributed by atoms with E-state index >= 15 is 0 Å². The highest BCUT2D eigenvalue weighted by Gasteiger charge is 2.26. The molecular formula is C21H22N4O2. The third-order valence-corrected chi connectivity index (χ3v) is 5.50. The lowest BCUT2D eigenvalue weighted by atomic mass is 10.00. The van der Waals surface area contributed by atoms with Crippen LogP contribution in [0.5, 0.6) is 0 Å². The summed E-state index contributed by atoms with van der Waals surface area (Å²) in [6.07, 6.45) is 4.40. The summed E-state index contributed by atoms with van der Waals surface area (Å²) in [5.74, 6) is 0.0350. The third kappa shape index (κ3) is 3.17. The van der Waals surface area contributed by atoms with Crippen LogP contribution in [0.1, 0.15) is 32.9 Å². The van der Waals surface area contributed by atoms with E-state index in [9.17, 15) is 4.79 Å². The van der Waals surface area contributed by atoms with E-state index < -0.39 is 0 Å². The van der Waals surface area contributed by atoms with Crippen molar-refractivity contribution in [1.82, 2.24) is 19.6 Å². The molecule has 0 bridgehead atoms. The van der Waals surface area contributed by atoms with Crippen LogP contribution < -0.4 is 0 Å². The first kappa shape index (κ1) is 16.3. The lowest BCUT2D eigenvalue weighted by Crippen LogP contribution is -2.36. The first-order valence-corrected chi connectivity index (χ1v) is 9.42. The fourth-order valence-electron chi connectivity index (χ4n) is 4.03. The standard InChI is InChI=1S/C21H22N4O2/c26-21(24-7-5-17-3-1-2-4-18(17)13-24)20-11-19-14-23(8-9-25(19)22-20)12-16-6-10-27-15-16/h1-4,6,10-11,15H,5,7-9,12-14H2. The van der Waals surface area contributed by atoms with Crippen molar-refractivity contribution in [3.05, 3.63) is 77.0 Å². The maximum absolute atomic E-state index is 13.0. The van der Waals surface area contributed by atoms with E-state index in [4.69, 9.17) is 4.42 Å². The maximum Gasteiger partial charge on any atom is 0.274 e. The van der Waals surface area contributed by atoms with E-state index in [2.05, 4.69) is 28.2 Å². The smallest absolute Gasteiger partial charge is 0.274 e. The Morgan fingerprint density at radius 3 is 2.81 bits per heavy atom. The number of carbonyl (C=O) groups excluding carboxylic acids is 1. The summed E-state index contributed by atoms with van der Waals surface area (Å²) in [5.41, 5.74) is 5.43. The monoisotopic (exact) mass is 362 g/mol. The summed E-state index contributed by atoms with van der Waals surface area (Å²) in [5, 5.41) is 4.59. The van der Waals surface area contributed by atoms with Crippen LogP contribution in [-0.4, -0.2) is 38.6 Å². The van der Waals surface area contributed by atoms with E-state index in [-0.39, 0.29) is 5.91 Å². The average Bonchev–Trinajstić information content (AvgIpc) is 3.36. The van der Waals surface area contributed by atoms with E-state index in [1.165, 1.54) is 16.7 Å². The van der Waals surface area contributed by atoms with Gasteiger partial charge >= 0.3 is 0 Å². The zero-order valence-electron chi connectivity index (χ0n) is 15.2. The molecule has 2 aliphatic rings. The van der Waals surface area contributed by atoms with E-state index in [1.54, 1.807) is 12.5 Å². The molecular weight excluding hydrogens is 340 g/mol. The molecule has 3 aromatic rings. The minimum atomic E-state index is 0.0350. The number of hydrogen-bond donors (Lipinski definition) is 0. The summed E-state index contributed by atoms with van der Waals surface area (Å²) in [4.78, 5) is 17.3. The highest BCUT2D eigenvalue weighted by atomic mass is 16.3. The number of nitrogens with zero attached hydrogens (tertiary/aromatic N) is 4. The molecule has 0 saturated heterocycles. The Morgan fingerprint density at radius 2 is 1.96 bits per heavy atom. The Balaban J connectivity index is 1.30. The Kier molecular flexibility index (Phi) is 4.05. The van der Waals surface area contributed by atoms with E-state index in [1.807, 2.05) is 27.8 Å². The number of furan rings is 1. The molecule has 0 spiro atoms. The fourth-order valence-corrected chi connectivity index (χ4v) is 4.03. The molecule has 6 nitrogen and oxygen atoms in total. The van der Waals surface area contributed by atoms with Crippen molar-refractivity contribution in [1.29, 1.82) is 0 Å². The predicted molar refractivity (Wildman–Crippen MR) is 99.9 cm³/mol. The number of amides is 1. The summed E-state index contributed by atoms with van der Waals surface area (Å²) < 4.78 is 7.14. The molecule has 138 valence electrons. The molecule has 1 amide bonds. The van der Waals surface area contributed by atoms with Gasteiger partial charge in [0, 0.05) is 38.3 Å². The molecule has 6 heteroatoms. The van der Waals surface area contributed by atoms with Crippen LogP contribution >= 0.6 is 0 Å². The van der Waals surface area contributed by atoms with Gasteiger partial charge in [0.2, 0.25) is 0 Å². The van der Waals surface area contributed by atoms with Crippen LogP contribution in [0.2, 0.25) is 0 Å². The molecule has 2 aliphatic heterocycles. The van der Waals surface area contributed by atoms with Gasteiger partial charge in [-0.1, -0.05) is 24.3 Å². The second-order valence-corrected chi connectivity index (χ2v) is 7.33. The highest BCUT2D eigenvalue weighted by molar-refractivity contribution is 5.92. The van der Waals surface area contributed by atoms with Crippen LogP contribution in [0.25, 0.3) is 0 Å². The van der Waals surface area contributed by atoms with Crippen LogP contribution in [0, 0.1) is 0 Å². The molecule has 27 heavy (non-hydrogen) atoms. The van der Waals surface area contributed by atoms with Gasteiger partial charge in [0.1, 0.15) is 0 Å². The number of benzene rings is 1. The number of carbonyl (C=O) groups is 1. The van der Waals surface area contributed by atoms with Crippen LogP contribution in [0.3, 0.4) is 0 Å². The fraction of sp³-hybridized carbons (Fsp3) is 0.333. The molecule has 2 aromatic heterocycles. The molecule has 5 rings (SSSR count). The Labute approximate surface area is 158 Å². The van der Waals surface area contributed by atoms with Crippen molar-refractivity contribution < 1.29 is 9.21 Å². The molecule has 4 heterocycles. The zero-order chi connectivity index (χ0) is 18.2. The summed E-state index contributed by atoms with van der Waals surface area (Å²) in [6, 6.07) is 12.3. The van der Waals surface area contributed by atoms with Crippen LogP contribution in [-0.2, 0) is 32.6 Å². The van der Waals surface area contributed by atoms with Gasteiger partial charge in [-0.2, -0.15) is 5.10 Å². The number of aromatic nitrogens is 2. The molecule has 0 atom stereocenters. The molecule has 0 fully saturated rings. The average molecular weight is 362 g/mol. The van der Waals surface area contributed by atoms with E-state index in [0.717, 1.165) is 44.8 Å². The second-order valence-electron chi connectivity index (χ2n) is 7.33. The minimum Gasteiger partial charge on any atom is -0.472 e. The van der Waals surface area contributed by atoms with Crippen molar-refractivity contribution in [2.45, 2.75) is 32.6 Å². The summed E-state index contributed by atoms with van der Waals surface area (Å²) in [6.45, 7) is 4.81. The summed E-state index contributed by atoms with van der Waals surface area (Å²) in [7, 11) is 0. The van der Waals surface area contributed by atoms with Crippen LogP contribution in [0.15, 0.2) is 53.3 Å². The summed E-state index contributed by atoms with van der Waals surface area (Å²) >= 11 is 0. The molecule has 1 aromatic carbocycles. The molecule has 0 aliphatic carbocycles. The van der Waals surface area contributed by atoms with Gasteiger partial charge in [0.05, 0.1) is 24.8 Å². The predicted octanol–water partition coefficient (Wildman–Crippen LogP) is 2.69. The van der Waals surface area contributed by atoms with Crippen molar-refractivity contribution >= 4 is 5.91 Å². The van der Waals surface area contributed by atoms with Gasteiger partial charge in [0.25, 0.3) is 5.91 Å². The quantitative estimate of drug-likeness (QED) is 0.719. The third-order valence-electron chi connectivity index (χ3n) is 5.50. The Bertz CT molecular complexity index is 960. The largest absolute Gasteiger partial charge is 0.472 e.